The van der Waals surface area contributed by atoms with Crippen molar-refractivity contribution in [1.82, 2.24) is 0 Å². The summed E-state index contributed by atoms with van der Waals surface area (Å²) in [5, 5.41) is 3.99. The molecular weight excluding hydrogens is 252 g/mol. The van der Waals surface area contributed by atoms with Gasteiger partial charge in [0, 0.05) is 5.39 Å². The zero-order valence-electron chi connectivity index (χ0n) is 12.5. The van der Waals surface area contributed by atoms with Crippen molar-refractivity contribution in [2.45, 2.75) is 43.1 Å². The highest BCUT2D eigenvalue weighted by molar-refractivity contribution is 8.18. The molecule has 0 unspecified atom stereocenters. The van der Waals surface area contributed by atoms with Crippen LogP contribution in [0.1, 0.15) is 27.7 Å². The van der Waals surface area contributed by atoms with E-state index in [-0.39, 0.29) is 10.9 Å². The van der Waals surface area contributed by atoms with E-state index in [4.69, 9.17) is 4.74 Å². The summed E-state index contributed by atoms with van der Waals surface area (Å²) in [6.07, 6.45) is 0. The molecule has 0 saturated heterocycles. The number of thiol groups is 1. The zero-order chi connectivity index (χ0) is 14.0. The minimum Gasteiger partial charge on any atom is -0.496 e. The first-order chi connectivity index (χ1) is 9.06. The molecule has 0 radical (unpaired) electrons. The standard InChI is InChI=1S/C17H24OS/c1-12(2)19(13(3)4)17-11-10-16(18-5)14-8-6-7-9-15(14)17/h6-13,19H,1-5H3. The maximum atomic E-state index is 5.49. The summed E-state index contributed by atoms with van der Waals surface area (Å²) in [4.78, 5) is 1.51. The Kier molecular flexibility index (Phi) is 4.41. The zero-order valence-corrected chi connectivity index (χ0v) is 13.4. The molecule has 0 aliphatic rings. The number of hydrogen-bond donors (Lipinski definition) is 1. The van der Waals surface area contributed by atoms with Gasteiger partial charge in [-0.3, -0.25) is 0 Å². The molecule has 0 bridgehead atoms. The van der Waals surface area contributed by atoms with Crippen molar-refractivity contribution in [1.29, 1.82) is 0 Å². The predicted octanol–water partition coefficient (Wildman–Crippen LogP) is 5.03. The molecule has 0 fully saturated rings. The van der Waals surface area contributed by atoms with E-state index in [9.17, 15) is 0 Å². The second-order valence-corrected chi connectivity index (χ2v) is 8.79. The quantitative estimate of drug-likeness (QED) is 0.771. The van der Waals surface area contributed by atoms with Crippen LogP contribution >= 0.6 is 10.9 Å². The fraction of sp³-hybridized carbons (Fsp3) is 0.412. The number of benzene rings is 2. The summed E-state index contributed by atoms with van der Waals surface area (Å²) in [7, 11) is 1.60. The second-order valence-electron chi connectivity index (χ2n) is 5.43. The molecule has 0 heterocycles. The average Bonchev–Trinajstić information content (AvgIpc) is 2.38. The van der Waals surface area contributed by atoms with Gasteiger partial charge in [0.05, 0.1) is 7.11 Å². The van der Waals surface area contributed by atoms with Crippen molar-refractivity contribution in [2.75, 3.05) is 7.11 Å². The SMILES string of the molecule is COc1ccc([SH](C(C)C)C(C)C)c2ccccc12. The maximum Gasteiger partial charge on any atom is 0.126 e. The minimum absolute atomic E-state index is 0.147. The Morgan fingerprint density at radius 3 is 1.95 bits per heavy atom. The highest BCUT2D eigenvalue weighted by atomic mass is 32.2. The van der Waals surface area contributed by atoms with Gasteiger partial charge in [-0.25, -0.2) is 10.9 Å². The van der Waals surface area contributed by atoms with Crippen molar-refractivity contribution < 1.29 is 4.74 Å². The van der Waals surface area contributed by atoms with Crippen molar-refractivity contribution in [2.24, 2.45) is 0 Å². The number of rotatable bonds is 4. The fourth-order valence-electron chi connectivity index (χ4n) is 2.81. The Morgan fingerprint density at radius 1 is 0.842 bits per heavy atom. The lowest BCUT2D eigenvalue weighted by Gasteiger charge is -2.31. The molecule has 0 atom stereocenters. The van der Waals surface area contributed by atoms with Gasteiger partial charge in [0.2, 0.25) is 0 Å². The van der Waals surface area contributed by atoms with E-state index in [0.717, 1.165) is 5.75 Å². The third kappa shape index (κ3) is 2.74. The largest absolute Gasteiger partial charge is 0.496 e. The van der Waals surface area contributed by atoms with Crippen LogP contribution in [0.4, 0.5) is 0 Å². The molecule has 2 rings (SSSR count). The highest BCUT2D eigenvalue weighted by Crippen LogP contribution is 2.49. The van der Waals surface area contributed by atoms with E-state index < -0.39 is 0 Å². The van der Waals surface area contributed by atoms with Crippen LogP contribution in [0.25, 0.3) is 10.8 Å². The molecule has 104 valence electrons. The Labute approximate surface area is 119 Å². The molecule has 0 aliphatic heterocycles. The first-order valence-electron chi connectivity index (χ1n) is 6.90. The molecule has 0 aliphatic carbocycles. The first kappa shape index (κ1) is 14.3. The van der Waals surface area contributed by atoms with Crippen LogP contribution in [-0.4, -0.2) is 17.6 Å². The molecular formula is C17H24OS. The topological polar surface area (TPSA) is 9.23 Å². The molecule has 0 saturated carbocycles. The van der Waals surface area contributed by atoms with Crippen molar-refractivity contribution in [3.8, 4) is 5.75 Å². The lowest BCUT2D eigenvalue weighted by Crippen LogP contribution is -2.08. The van der Waals surface area contributed by atoms with Crippen LogP contribution in [0, 0.1) is 0 Å². The van der Waals surface area contributed by atoms with Gasteiger partial charge in [-0.15, -0.1) is 0 Å². The minimum atomic E-state index is -0.147. The van der Waals surface area contributed by atoms with E-state index in [1.165, 1.54) is 15.7 Å². The van der Waals surface area contributed by atoms with E-state index >= 15 is 0 Å². The maximum absolute atomic E-state index is 5.49. The Balaban J connectivity index is 2.67. The van der Waals surface area contributed by atoms with Crippen molar-refractivity contribution >= 4 is 21.7 Å². The number of methoxy groups -OCH3 is 1. The molecule has 0 N–H and O–H groups in total. The van der Waals surface area contributed by atoms with Gasteiger partial charge in [0.25, 0.3) is 0 Å². The number of ether oxygens (including phenoxy) is 1. The van der Waals surface area contributed by atoms with E-state index in [1.54, 1.807) is 7.11 Å². The third-order valence-corrected chi connectivity index (χ3v) is 6.64. The van der Waals surface area contributed by atoms with E-state index in [2.05, 4.69) is 64.1 Å². The Morgan fingerprint density at radius 2 is 1.42 bits per heavy atom. The van der Waals surface area contributed by atoms with Crippen LogP contribution < -0.4 is 4.74 Å². The van der Waals surface area contributed by atoms with Crippen LogP contribution in [0.3, 0.4) is 0 Å². The van der Waals surface area contributed by atoms with Gasteiger partial charge < -0.3 is 4.74 Å². The van der Waals surface area contributed by atoms with Crippen molar-refractivity contribution in [3.05, 3.63) is 36.4 Å². The molecule has 0 amide bonds. The van der Waals surface area contributed by atoms with Gasteiger partial charge >= 0.3 is 0 Å². The summed E-state index contributed by atoms with van der Waals surface area (Å²) in [5.41, 5.74) is 0. The second kappa shape index (κ2) is 5.87. The molecule has 2 heteroatoms. The monoisotopic (exact) mass is 276 g/mol. The molecule has 1 nitrogen and oxygen atoms in total. The predicted molar refractivity (Wildman–Crippen MR) is 88.0 cm³/mol. The van der Waals surface area contributed by atoms with Gasteiger partial charge in [0.15, 0.2) is 0 Å². The third-order valence-electron chi connectivity index (χ3n) is 3.47. The van der Waals surface area contributed by atoms with Gasteiger partial charge in [-0.1, -0.05) is 52.0 Å². The van der Waals surface area contributed by atoms with Crippen LogP contribution in [0.15, 0.2) is 41.3 Å². The number of hydrogen-bond acceptors (Lipinski definition) is 1. The molecule has 0 spiro atoms. The molecule has 0 aromatic heterocycles. The first-order valence-corrected chi connectivity index (χ1v) is 8.38. The van der Waals surface area contributed by atoms with Gasteiger partial charge in [-0.05, 0) is 32.9 Å². The lowest BCUT2D eigenvalue weighted by molar-refractivity contribution is 0.419. The van der Waals surface area contributed by atoms with Gasteiger partial charge in [0.1, 0.15) is 5.75 Å². The average molecular weight is 276 g/mol. The van der Waals surface area contributed by atoms with Crippen LogP contribution in [0.2, 0.25) is 0 Å². The normalized spacial score (nSPS) is 12.3. The fourth-order valence-corrected chi connectivity index (χ4v) is 5.84. The summed E-state index contributed by atoms with van der Waals surface area (Å²) in [6.45, 7) is 9.35. The van der Waals surface area contributed by atoms with E-state index in [1.807, 2.05) is 0 Å². The van der Waals surface area contributed by atoms with Crippen LogP contribution in [-0.2, 0) is 0 Å². The summed E-state index contributed by atoms with van der Waals surface area (Å²) >= 11 is 0. The Hall–Kier alpha value is -1.15. The number of fused-ring (bicyclic) bond motifs is 1. The summed E-state index contributed by atoms with van der Waals surface area (Å²) in [6, 6.07) is 13.0. The molecule has 19 heavy (non-hydrogen) atoms. The smallest absolute Gasteiger partial charge is 0.126 e. The van der Waals surface area contributed by atoms with Crippen molar-refractivity contribution in [3.63, 3.8) is 0 Å². The Bertz CT molecular complexity index is 552. The van der Waals surface area contributed by atoms with Gasteiger partial charge in [-0.2, -0.15) is 0 Å². The van der Waals surface area contributed by atoms with Crippen LogP contribution in [0.5, 0.6) is 5.75 Å². The molecule has 2 aromatic carbocycles. The summed E-state index contributed by atoms with van der Waals surface area (Å²) < 4.78 is 5.49. The molecule has 2 aromatic rings. The summed E-state index contributed by atoms with van der Waals surface area (Å²) in [5.74, 6) is 0.974. The van der Waals surface area contributed by atoms with E-state index in [0.29, 0.717) is 10.5 Å². The lowest BCUT2D eigenvalue weighted by atomic mass is 10.1. The highest BCUT2D eigenvalue weighted by Gasteiger charge is 2.18.